The normalized spacial score (nSPS) is 17.4. The predicted molar refractivity (Wildman–Crippen MR) is 474 cm³/mol. The smallest absolute Gasteiger partial charge is 0.00613 e. The lowest BCUT2D eigenvalue weighted by atomic mass is 9.60. The third-order valence-corrected chi connectivity index (χ3v) is 26.6. The largest absolute Gasteiger partial charge is 0.0622 e. The highest BCUT2D eigenvalue weighted by molar-refractivity contribution is 5.34. The third kappa shape index (κ3) is 26.9. The van der Waals surface area contributed by atoms with E-state index in [0.29, 0.717) is 39.9 Å². The Bertz CT molecular complexity index is 3810. The van der Waals surface area contributed by atoms with Crippen LogP contribution < -0.4 is 0 Å². The van der Waals surface area contributed by atoms with Crippen LogP contribution in [0.4, 0.5) is 0 Å². The Morgan fingerprint density at radius 2 is 0.472 bits per heavy atom. The summed E-state index contributed by atoms with van der Waals surface area (Å²) in [7, 11) is 0. The molecule has 0 bridgehead atoms. The first kappa shape index (κ1) is 86.6. The van der Waals surface area contributed by atoms with Crippen LogP contribution in [-0.2, 0) is 27.1 Å². The molecule has 0 aromatic heterocycles. The summed E-state index contributed by atoms with van der Waals surface area (Å²) in [6.45, 7) is 41.2. The van der Waals surface area contributed by atoms with Crippen LogP contribution in [0.3, 0.4) is 0 Å². The molecular weight excluding hydrogens is 1300 g/mol. The zero-order valence-corrected chi connectivity index (χ0v) is 71.2. The molecule has 3 aliphatic rings. The summed E-state index contributed by atoms with van der Waals surface area (Å²) in [4.78, 5) is 0. The number of rotatable bonds is 26. The summed E-state index contributed by atoms with van der Waals surface area (Å²) in [5, 5.41) is 0. The molecule has 108 heavy (non-hydrogen) atoms. The lowest BCUT2D eigenvalue weighted by molar-refractivity contribution is 0.108. The van der Waals surface area contributed by atoms with Gasteiger partial charge in [-0.1, -0.05) is 461 Å². The molecule has 0 amide bonds. The van der Waals surface area contributed by atoms with Crippen molar-refractivity contribution in [2.45, 2.75) is 310 Å². The molecule has 0 radical (unpaired) electrons. The lowest BCUT2D eigenvalue weighted by Gasteiger charge is -2.45. The molecule has 0 heteroatoms. The molecule has 0 nitrogen and oxygen atoms in total. The zero-order valence-electron chi connectivity index (χ0n) is 71.2. The fourth-order valence-electron chi connectivity index (χ4n) is 20.5. The van der Waals surface area contributed by atoms with E-state index in [2.05, 4.69) is 391 Å². The molecule has 3 saturated carbocycles. The first-order chi connectivity index (χ1) is 51.6. The maximum absolute atomic E-state index is 2.54. The molecule has 9 aromatic rings. The van der Waals surface area contributed by atoms with Crippen LogP contribution in [0, 0.1) is 34.5 Å². The second-order valence-corrected chi connectivity index (χ2v) is 38.2. The highest BCUT2D eigenvalue weighted by Crippen LogP contribution is 2.51. The van der Waals surface area contributed by atoms with Crippen molar-refractivity contribution in [2.24, 2.45) is 34.5 Å². The van der Waals surface area contributed by atoms with Crippen molar-refractivity contribution in [3.05, 3.63) is 323 Å². The van der Waals surface area contributed by atoms with E-state index < -0.39 is 0 Å². The topological polar surface area (TPSA) is 0 Å². The molecule has 0 N–H and O–H groups in total. The van der Waals surface area contributed by atoms with Gasteiger partial charge in [-0.2, -0.15) is 0 Å². The van der Waals surface area contributed by atoms with Gasteiger partial charge in [0.2, 0.25) is 0 Å². The van der Waals surface area contributed by atoms with Crippen molar-refractivity contribution < 1.29 is 0 Å². The van der Waals surface area contributed by atoms with Gasteiger partial charge in [0.15, 0.2) is 0 Å². The molecule has 7 unspecified atom stereocenters. The first-order valence-corrected chi connectivity index (χ1v) is 43.1. The van der Waals surface area contributed by atoms with Crippen LogP contribution in [0.15, 0.2) is 273 Å². The summed E-state index contributed by atoms with van der Waals surface area (Å²) in [6, 6.07) is 99.0. The molecule has 7 atom stereocenters. The Labute approximate surface area is 663 Å². The highest BCUT2D eigenvalue weighted by atomic mass is 14.5. The third-order valence-electron chi connectivity index (χ3n) is 26.6. The monoisotopic (exact) mass is 1450 g/mol. The minimum atomic E-state index is 0.107. The lowest BCUT2D eigenvalue weighted by Crippen LogP contribution is -2.36. The SMILES string of the molecule is CC(CC(C)(C)C1CCCCC1)c1ccccc1.CC(CC(C)(C)c1ccccc1)C1CCCCC1.CC(CC(C)(C)c1ccccc1)c1ccccc1.CC(CC(C)(CC(C)(C)C1CCCCC1)c1ccccc1)c1ccccc1.CC(CC(C)(CC(C)(C)c1ccccc1)c1ccccc1)c1ccccc1. The van der Waals surface area contributed by atoms with Gasteiger partial charge in [-0.25, -0.2) is 0 Å². The fraction of sp³-hybridized carbons (Fsp3) is 0.500. The van der Waals surface area contributed by atoms with E-state index in [1.54, 1.807) is 0 Å². The molecule has 12 rings (SSSR count). The van der Waals surface area contributed by atoms with E-state index in [0.717, 1.165) is 36.5 Å². The molecule has 9 aromatic carbocycles. The predicted octanol–water partition coefficient (Wildman–Crippen LogP) is 32.2. The maximum atomic E-state index is 2.54. The Morgan fingerprint density at radius 1 is 0.231 bits per heavy atom. The second-order valence-electron chi connectivity index (χ2n) is 38.2. The second kappa shape index (κ2) is 41.9. The van der Waals surface area contributed by atoms with Crippen molar-refractivity contribution in [3.8, 4) is 0 Å². The van der Waals surface area contributed by atoms with Crippen LogP contribution in [-0.4, -0.2) is 0 Å². The van der Waals surface area contributed by atoms with Crippen molar-refractivity contribution in [1.29, 1.82) is 0 Å². The van der Waals surface area contributed by atoms with Gasteiger partial charge >= 0.3 is 0 Å². The van der Waals surface area contributed by atoms with Gasteiger partial charge < -0.3 is 0 Å². The standard InChI is InChI=1S/C27H38.C27H32.2C18H28.C18H22/c2*1-22(23-14-8-5-9-15-23)20-27(4,25-18-12-7-13-19-25)21-26(2,3)24-16-10-6-11-17-24;3*1-15(16-10-6-4-7-11-16)14-18(2,3)17-12-8-5-9-13-17/h5,7-9,12-15,18-19,22,24H,6,10-11,16-17,20-21H2,1-4H3;5-19,22H,20-21H2,1-4H3;5,8-9,12-13,15-16H,4,6-7,10-11,14H2,1-3H3;4,6-7,10-11,15,17H,5,8-9,12-14H2,1-3H3;4-13,15H,14H2,1-3H3. The van der Waals surface area contributed by atoms with Gasteiger partial charge in [-0.3, -0.25) is 0 Å². The summed E-state index contributed by atoms with van der Waals surface area (Å²) in [6.07, 6.45) is 30.3. The Balaban J connectivity index is 0.000000172. The Kier molecular flexibility index (Phi) is 33.5. The minimum Gasteiger partial charge on any atom is -0.0622 e. The van der Waals surface area contributed by atoms with Crippen LogP contribution in [0.1, 0.15) is 333 Å². The molecular formula is C108H148. The van der Waals surface area contributed by atoms with Crippen LogP contribution >= 0.6 is 0 Å². The van der Waals surface area contributed by atoms with E-state index in [9.17, 15) is 0 Å². The average molecular weight is 1450 g/mol. The van der Waals surface area contributed by atoms with Gasteiger partial charge in [0.05, 0.1) is 0 Å². The van der Waals surface area contributed by atoms with Gasteiger partial charge in [-0.05, 0) is 206 Å². The van der Waals surface area contributed by atoms with Crippen LogP contribution in [0.2, 0.25) is 0 Å². The van der Waals surface area contributed by atoms with Gasteiger partial charge in [0.25, 0.3) is 0 Å². The first-order valence-electron chi connectivity index (χ1n) is 43.1. The molecule has 3 aliphatic carbocycles. The molecule has 3 fully saturated rings. The Morgan fingerprint density at radius 3 is 0.796 bits per heavy atom. The van der Waals surface area contributed by atoms with E-state index in [4.69, 9.17) is 0 Å². The molecule has 0 saturated heterocycles. The fourth-order valence-corrected chi connectivity index (χ4v) is 20.5. The quantitative estimate of drug-likeness (QED) is 0.0507. The van der Waals surface area contributed by atoms with E-state index in [1.807, 2.05) is 0 Å². The minimum absolute atomic E-state index is 0.107. The van der Waals surface area contributed by atoms with Crippen LogP contribution in [0.5, 0.6) is 0 Å². The summed E-state index contributed by atoms with van der Waals surface area (Å²) < 4.78 is 0. The maximum Gasteiger partial charge on any atom is -0.00613 e. The number of benzene rings is 9. The summed E-state index contributed by atoms with van der Waals surface area (Å²) in [5.74, 6) is 6.01. The van der Waals surface area contributed by atoms with Gasteiger partial charge in [0.1, 0.15) is 0 Å². The number of hydrogen-bond acceptors (Lipinski definition) is 0. The average Bonchev–Trinajstić information content (AvgIpc) is 0.787. The van der Waals surface area contributed by atoms with E-state index in [-0.39, 0.29) is 21.7 Å². The molecule has 0 heterocycles. The van der Waals surface area contributed by atoms with Crippen LogP contribution in [0.25, 0.3) is 0 Å². The highest BCUT2D eigenvalue weighted by Gasteiger charge is 2.41. The summed E-state index contributed by atoms with van der Waals surface area (Å²) >= 11 is 0. The molecule has 0 spiro atoms. The van der Waals surface area contributed by atoms with Crippen molar-refractivity contribution in [1.82, 2.24) is 0 Å². The van der Waals surface area contributed by atoms with Crippen molar-refractivity contribution in [3.63, 3.8) is 0 Å². The van der Waals surface area contributed by atoms with Gasteiger partial charge in [0, 0.05) is 0 Å². The van der Waals surface area contributed by atoms with Crippen molar-refractivity contribution in [2.75, 3.05) is 0 Å². The molecule has 0 aliphatic heterocycles. The number of hydrogen-bond donors (Lipinski definition) is 0. The summed E-state index contributed by atoms with van der Waals surface area (Å²) in [5.41, 5.74) is 15.0. The zero-order chi connectivity index (χ0) is 77.7. The van der Waals surface area contributed by atoms with E-state index >= 15 is 0 Å². The van der Waals surface area contributed by atoms with Crippen molar-refractivity contribution >= 4 is 0 Å². The molecule has 580 valence electrons. The van der Waals surface area contributed by atoms with Gasteiger partial charge in [-0.15, -0.1) is 0 Å². The van der Waals surface area contributed by atoms with E-state index in [1.165, 1.54) is 178 Å². The Hall–Kier alpha value is -7.02.